The maximum Gasteiger partial charge on any atom is 0.246 e. The molecule has 3 rings (SSSR count). The minimum Gasteiger partial charge on any atom is -0.396 e. The van der Waals surface area contributed by atoms with Gasteiger partial charge in [-0.2, -0.15) is 9.40 Å². The highest BCUT2D eigenvalue weighted by Gasteiger charge is 2.44. The standard InChI is InChI=1S/C20H28FN3O3S/c1-14(2)24-16(4)19(15(3)22-24)28(26,27)23-10-9-20(12-23,13-25)11-17-5-7-18(21)8-6-17/h5-8,14,25H,9-13H2,1-4H3. The molecule has 0 aliphatic carbocycles. The summed E-state index contributed by atoms with van der Waals surface area (Å²) < 4.78 is 43.1. The Morgan fingerprint density at radius 1 is 1.25 bits per heavy atom. The summed E-state index contributed by atoms with van der Waals surface area (Å²) in [5.74, 6) is -0.314. The van der Waals surface area contributed by atoms with Crippen LogP contribution in [-0.4, -0.2) is 47.3 Å². The molecule has 0 bridgehead atoms. The van der Waals surface area contributed by atoms with Crippen molar-refractivity contribution in [3.8, 4) is 0 Å². The van der Waals surface area contributed by atoms with E-state index < -0.39 is 15.4 Å². The second-order valence-corrected chi connectivity index (χ2v) is 9.96. The molecule has 0 radical (unpaired) electrons. The minimum absolute atomic E-state index is 0.0660. The quantitative estimate of drug-likeness (QED) is 0.796. The van der Waals surface area contributed by atoms with Crippen molar-refractivity contribution in [3.63, 3.8) is 0 Å². The zero-order valence-corrected chi connectivity index (χ0v) is 17.6. The van der Waals surface area contributed by atoms with E-state index in [0.717, 1.165) is 5.56 Å². The van der Waals surface area contributed by atoms with Crippen molar-refractivity contribution >= 4 is 10.0 Å². The molecule has 1 saturated heterocycles. The summed E-state index contributed by atoms with van der Waals surface area (Å²) in [6, 6.07) is 6.21. The van der Waals surface area contributed by atoms with Crippen LogP contribution >= 0.6 is 0 Å². The average Bonchev–Trinajstić information content (AvgIpc) is 3.19. The van der Waals surface area contributed by atoms with E-state index in [2.05, 4.69) is 5.10 Å². The first-order valence-electron chi connectivity index (χ1n) is 9.51. The molecule has 0 spiro atoms. The summed E-state index contributed by atoms with van der Waals surface area (Å²) in [7, 11) is -3.71. The fraction of sp³-hybridized carbons (Fsp3) is 0.550. The van der Waals surface area contributed by atoms with Crippen molar-refractivity contribution in [2.75, 3.05) is 19.7 Å². The van der Waals surface area contributed by atoms with Crippen molar-refractivity contribution in [2.45, 2.75) is 51.5 Å². The van der Waals surface area contributed by atoms with Gasteiger partial charge in [-0.15, -0.1) is 0 Å². The van der Waals surface area contributed by atoms with Gasteiger partial charge in [-0.3, -0.25) is 4.68 Å². The van der Waals surface area contributed by atoms with E-state index in [1.165, 1.54) is 16.4 Å². The van der Waals surface area contributed by atoms with Gasteiger partial charge in [0.25, 0.3) is 0 Å². The SMILES string of the molecule is Cc1nn(C(C)C)c(C)c1S(=O)(=O)N1CCC(CO)(Cc2ccc(F)cc2)C1. The zero-order valence-electron chi connectivity index (χ0n) is 16.8. The van der Waals surface area contributed by atoms with Crippen LogP contribution < -0.4 is 0 Å². The van der Waals surface area contributed by atoms with Crippen LogP contribution in [0, 0.1) is 25.1 Å². The number of aromatic nitrogens is 2. The van der Waals surface area contributed by atoms with Crippen LogP contribution in [0.4, 0.5) is 4.39 Å². The second-order valence-electron chi connectivity index (χ2n) is 8.09. The van der Waals surface area contributed by atoms with Crippen molar-refractivity contribution < 1.29 is 17.9 Å². The molecule has 0 amide bonds. The van der Waals surface area contributed by atoms with Crippen molar-refractivity contribution in [3.05, 3.63) is 47.0 Å². The van der Waals surface area contributed by atoms with Crippen molar-refractivity contribution in [1.82, 2.24) is 14.1 Å². The molecule has 1 unspecified atom stereocenters. The van der Waals surface area contributed by atoms with Gasteiger partial charge in [-0.25, -0.2) is 12.8 Å². The normalized spacial score (nSPS) is 21.0. The largest absolute Gasteiger partial charge is 0.396 e. The van der Waals surface area contributed by atoms with E-state index in [1.807, 2.05) is 13.8 Å². The maximum absolute atomic E-state index is 13.4. The number of aliphatic hydroxyl groups excluding tert-OH is 1. The summed E-state index contributed by atoms with van der Waals surface area (Å²) >= 11 is 0. The minimum atomic E-state index is -3.71. The van der Waals surface area contributed by atoms with Gasteiger partial charge in [0.1, 0.15) is 10.7 Å². The number of sulfonamides is 1. The lowest BCUT2D eigenvalue weighted by atomic mass is 9.82. The van der Waals surface area contributed by atoms with Crippen LogP contribution in [0.3, 0.4) is 0 Å². The highest BCUT2D eigenvalue weighted by Crippen LogP contribution is 2.38. The maximum atomic E-state index is 13.4. The Hall–Kier alpha value is -1.77. The average molecular weight is 410 g/mol. The Balaban J connectivity index is 1.88. The van der Waals surface area contributed by atoms with Crippen molar-refractivity contribution in [1.29, 1.82) is 0 Å². The summed E-state index contributed by atoms with van der Waals surface area (Å²) in [6.07, 6.45) is 1.05. The van der Waals surface area contributed by atoms with Crippen LogP contribution in [-0.2, 0) is 16.4 Å². The predicted octanol–water partition coefficient (Wildman–Crippen LogP) is 2.84. The highest BCUT2D eigenvalue weighted by molar-refractivity contribution is 7.89. The molecule has 1 N–H and O–H groups in total. The molecule has 1 atom stereocenters. The number of hydrogen-bond acceptors (Lipinski definition) is 4. The molecule has 1 aliphatic heterocycles. The number of hydrogen-bond donors (Lipinski definition) is 1. The first kappa shape index (κ1) is 21.0. The van der Waals surface area contributed by atoms with Crippen LogP contribution in [0.25, 0.3) is 0 Å². The lowest BCUT2D eigenvalue weighted by molar-refractivity contribution is 0.137. The molecule has 154 valence electrons. The van der Waals surface area contributed by atoms with Crippen LogP contribution in [0.1, 0.15) is 43.3 Å². The summed E-state index contributed by atoms with van der Waals surface area (Å²) in [6.45, 7) is 7.87. The third kappa shape index (κ3) is 3.73. The van der Waals surface area contributed by atoms with E-state index in [0.29, 0.717) is 30.8 Å². The number of aliphatic hydroxyl groups is 1. The number of benzene rings is 1. The predicted molar refractivity (Wildman–Crippen MR) is 105 cm³/mol. The van der Waals surface area contributed by atoms with Crippen LogP contribution in [0.2, 0.25) is 0 Å². The molecule has 1 aromatic carbocycles. The monoisotopic (exact) mass is 409 g/mol. The smallest absolute Gasteiger partial charge is 0.246 e. The molecule has 1 aromatic heterocycles. The van der Waals surface area contributed by atoms with E-state index in [-0.39, 0.29) is 29.9 Å². The van der Waals surface area contributed by atoms with Gasteiger partial charge in [-0.1, -0.05) is 12.1 Å². The first-order chi connectivity index (χ1) is 13.1. The molecule has 8 heteroatoms. The van der Waals surface area contributed by atoms with Gasteiger partial charge < -0.3 is 5.11 Å². The molecule has 0 saturated carbocycles. The number of halogens is 1. The Labute approximate surface area is 166 Å². The van der Waals surface area contributed by atoms with Gasteiger partial charge >= 0.3 is 0 Å². The topological polar surface area (TPSA) is 75.4 Å². The van der Waals surface area contributed by atoms with E-state index in [4.69, 9.17) is 0 Å². The Bertz CT molecular complexity index is 954. The molecular formula is C20H28FN3O3S. The van der Waals surface area contributed by atoms with E-state index >= 15 is 0 Å². The highest BCUT2D eigenvalue weighted by atomic mass is 32.2. The van der Waals surface area contributed by atoms with E-state index in [1.54, 1.807) is 30.7 Å². The molecule has 1 fully saturated rings. The van der Waals surface area contributed by atoms with Crippen LogP contribution in [0.15, 0.2) is 29.2 Å². The van der Waals surface area contributed by atoms with E-state index in [9.17, 15) is 17.9 Å². The summed E-state index contributed by atoms with van der Waals surface area (Å²) in [5, 5.41) is 14.5. The van der Waals surface area contributed by atoms with Gasteiger partial charge in [0.15, 0.2) is 0 Å². The molecule has 2 aromatic rings. The third-order valence-corrected chi connectivity index (χ3v) is 7.67. The number of nitrogens with zero attached hydrogens (tertiary/aromatic N) is 3. The second kappa shape index (κ2) is 7.57. The van der Waals surface area contributed by atoms with Crippen LogP contribution in [0.5, 0.6) is 0 Å². The number of aryl methyl sites for hydroxylation is 1. The van der Waals surface area contributed by atoms with Gasteiger partial charge in [0, 0.05) is 24.5 Å². The molecule has 1 aliphatic rings. The van der Waals surface area contributed by atoms with Crippen molar-refractivity contribution in [2.24, 2.45) is 5.41 Å². The van der Waals surface area contributed by atoms with Gasteiger partial charge in [-0.05, 0) is 58.2 Å². The lowest BCUT2D eigenvalue weighted by Gasteiger charge is -2.27. The summed E-state index contributed by atoms with van der Waals surface area (Å²) in [4.78, 5) is 0.261. The fourth-order valence-corrected chi connectivity index (χ4v) is 6.03. The molecule has 6 nitrogen and oxygen atoms in total. The number of rotatable bonds is 6. The van der Waals surface area contributed by atoms with Gasteiger partial charge in [0.2, 0.25) is 10.0 Å². The van der Waals surface area contributed by atoms with Gasteiger partial charge in [0.05, 0.1) is 18.0 Å². The molecule has 28 heavy (non-hydrogen) atoms. The Morgan fingerprint density at radius 2 is 1.89 bits per heavy atom. The summed E-state index contributed by atoms with van der Waals surface area (Å²) in [5.41, 5.74) is 1.44. The molecule has 2 heterocycles. The fourth-order valence-electron chi connectivity index (χ4n) is 4.12. The zero-order chi connectivity index (χ0) is 20.7. The Morgan fingerprint density at radius 3 is 2.43 bits per heavy atom. The third-order valence-electron chi connectivity index (χ3n) is 5.58. The molecular weight excluding hydrogens is 381 g/mol. The first-order valence-corrected chi connectivity index (χ1v) is 10.9. The Kier molecular flexibility index (Phi) is 5.67. The lowest BCUT2D eigenvalue weighted by Crippen LogP contribution is -2.35.